The van der Waals surface area contributed by atoms with Gasteiger partial charge in [-0.3, -0.25) is 4.79 Å². The van der Waals surface area contributed by atoms with E-state index < -0.39 is 0 Å². The molecule has 0 bridgehead atoms. The molecule has 1 fully saturated rings. The van der Waals surface area contributed by atoms with Crippen molar-refractivity contribution in [3.8, 4) is 5.75 Å². The minimum Gasteiger partial charge on any atom is -0.486 e. The maximum Gasteiger partial charge on any atom is 0.277 e. The Morgan fingerprint density at radius 1 is 1.23 bits per heavy atom. The van der Waals surface area contributed by atoms with Crippen LogP contribution in [0.25, 0.3) is 0 Å². The number of nitrogens with one attached hydrogen (secondary N) is 2. The lowest BCUT2D eigenvalue weighted by atomic mass is 10.1. The second-order valence-electron chi connectivity index (χ2n) is 6.79. The highest BCUT2D eigenvalue weighted by Gasteiger charge is 2.18. The minimum absolute atomic E-state index is 0. The van der Waals surface area contributed by atoms with Gasteiger partial charge in [0.25, 0.3) is 5.91 Å². The number of piperidine rings is 1. The van der Waals surface area contributed by atoms with Crippen LogP contribution in [0.15, 0.2) is 42.9 Å². The van der Waals surface area contributed by atoms with Gasteiger partial charge in [-0.25, -0.2) is 9.67 Å². The first-order chi connectivity index (χ1) is 13.7. The fraction of sp³-hybridized carbons (Fsp3) is 0.368. The van der Waals surface area contributed by atoms with Gasteiger partial charge in [0.05, 0.1) is 12.2 Å². The fourth-order valence-corrected chi connectivity index (χ4v) is 3.14. The molecular weight excluding hydrogens is 429 g/mol. The molecule has 11 heteroatoms. The number of rotatable bonds is 6. The summed E-state index contributed by atoms with van der Waals surface area (Å²) in [4.78, 5) is 16.7. The Bertz CT molecular complexity index is 937. The molecule has 0 radical (unpaired) electrons. The van der Waals surface area contributed by atoms with E-state index in [1.165, 1.54) is 0 Å². The smallest absolute Gasteiger partial charge is 0.277 e. The number of anilines is 1. The predicted octanol–water partition coefficient (Wildman–Crippen LogP) is 2.61. The Labute approximate surface area is 187 Å². The Balaban J connectivity index is 0.00000160. The number of hydrogen-bond donors (Lipinski definition) is 2. The number of benzene rings is 1. The third-order valence-corrected chi connectivity index (χ3v) is 4.83. The monoisotopic (exact) mass is 453 g/mol. The zero-order valence-corrected chi connectivity index (χ0v) is 18.2. The van der Waals surface area contributed by atoms with E-state index in [9.17, 15) is 4.79 Å². The summed E-state index contributed by atoms with van der Waals surface area (Å²) in [5, 5.41) is 14.3. The van der Waals surface area contributed by atoms with Gasteiger partial charge in [0.15, 0.2) is 5.69 Å². The molecule has 1 amide bonds. The molecule has 0 aliphatic carbocycles. The van der Waals surface area contributed by atoms with E-state index in [1.807, 2.05) is 29.9 Å². The summed E-state index contributed by atoms with van der Waals surface area (Å²) in [5.41, 5.74) is 0.986. The number of carbonyl (C=O) groups is 1. The normalized spacial score (nSPS) is 13.8. The first kappa shape index (κ1) is 23.7. The molecule has 0 spiro atoms. The van der Waals surface area contributed by atoms with Crippen molar-refractivity contribution in [2.45, 2.75) is 25.5 Å². The maximum atomic E-state index is 12.4. The molecule has 1 aliphatic rings. The molecule has 0 saturated carbocycles. The van der Waals surface area contributed by atoms with Crippen molar-refractivity contribution in [2.24, 2.45) is 7.05 Å². The first-order valence-corrected chi connectivity index (χ1v) is 9.32. The molecule has 9 nitrogen and oxygen atoms in total. The highest BCUT2D eigenvalue weighted by molar-refractivity contribution is 6.02. The van der Waals surface area contributed by atoms with Gasteiger partial charge in [-0.05, 0) is 50.2 Å². The van der Waals surface area contributed by atoms with Gasteiger partial charge in [-0.15, -0.1) is 29.9 Å². The fourth-order valence-electron chi connectivity index (χ4n) is 3.14. The van der Waals surface area contributed by atoms with Crippen LogP contribution in [-0.2, 0) is 13.7 Å². The van der Waals surface area contributed by atoms with Gasteiger partial charge in [0.1, 0.15) is 18.2 Å². The standard InChI is InChI=1S/C19H23N7O2.2ClH/c1-25-11-10-21-18(25)13-28-16-4-2-14(3-5-16)22-19(27)17-12-26(24-23-17)15-6-8-20-9-7-15;;/h2-5,10-12,15,20H,6-9,13H2,1H3,(H,22,27);2*1H. The Morgan fingerprint density at radius 3 is 2.63 bits per heavy atom. The summed E-state index contributed by atoms with van der Waals surface area (Å²) in [6.45, 7) is 2.30. The summed E-state index contributed by atoms with van der Waals surface area (Å²) in [6, 6.07) is 7.51. The van der Waals surface area contributed by atoms with Crippen LogP contribution in [0.1, 0.15) is 35.2 Å². The van der Waals surface area contributed by atoms with Gasteiger partial charge in [-0.2, -0.15) is 0 Å². The minimum atomic E-state index is -0.276. The third-order valence-electron chi connectivity index (χ3n) is 4.83. The van der Waals surface area contributed by atoms with Crippen LogP contribution in [-0.4, -0.2) is 43.5 Å². The van der Waals surface area contributed by atoms with Crippen molar-refractivity contribution in [2.75, 3.05) is 18.4 Å². The summed E-state index contributed by atoms with van der Waals surface area (Å²) in [7, 11) is 1.92. The first-order valence-electron chi connectivity index (χ1n) is 9.32. The molecule has 2 aromatic heterocycles. The maximum absolute atomic E-state index is 12.4. The van der Waals surface area contributed by atoms with E-state index in [-0.39, 0.29) is 30.7 Å². The van der Waals surface area contributed by atoms with Crippen LogP contribution in [0.5, 0.6) is 5.75 Å². The molecule has 3 aromatic rings. The number of aromatic nitrogens is 5. The Kier molecular flexibility index (Phi) is 8.64. The van der Waals surface area contributed by atoms with E-state index in [1.54, 1.807) is 29.2 Å². The van der Waals surface area contributed by atoms with Crippen LogP contribution >= 0.6 is 24.8 Å². The SMILES string of the molecule is Cl.Cl.Cn1ccnc1COc1ccc(NC(=O)c2cn(C3CCNCC3)nn2)cc1. The van der Waals surface area contributed by atoms with E-state index in [2.05, 4.69) is 25.9 Å². The number of nitrogens with zero attached hydrogens (tertiary/aromatic N) is 5. The number of hydrogen-bond acceptors (Lipinski definition) is 6. The van der Waals surface area contributed by atoms with Crippen LogP contribution < -0.4 is 15.4 Å². The van der Waals surface area contributed by atoms with Gasteiger partial charge >= 0.3 is 0 Å². The summed E-state index contributed by atoms with van der Waals surface area (Å²) in [5.74, 6) is 1.27. The van der Waals surface area contributed by atoms with Gasteiger partial charge in [-0.1, -0.05) is 5.21 Å². The molecule has 0 atom stereocenters. The summed E-state index contributed by atoms with van der Waals surface area (Å²) >= 11 is 0. The number of carbonyl (C=O) groups excluding carboxylic acids is 1. The topological polar surface area (TPSA) is 98.9 Å². The molecular formula is C19H25Cl2N7O2. The zero-order valence-electron chi connectivity index (χ0n) is 16.5. The molecule has 1 saturated heterocycles. The molecule has 1 aromatic carbocycles. The average molecular weight is 454 g/mol. The molecule has 3 heterocycles. The molecule has 4 rings (SSSR count). The van der Waals surface area contributed by atoms with Crippen molar-refractivity contribution in [1.82, 2.24) is 29.9 Å². The van der Waals surface area contributed by atoms with Crippen molar-refractivity contribution < 1.29 is 9.53 Å². The Hall–Kier alpha value is -2.62. The lowest BCUT2D eigenvalue weighted by molar-refractivity contribution is 0.102. The van der Waals surface area contributed by atoms with E-state index in [0.29, 0.717) is 29.8 Å². The van der Waals surface area contributed by atoms with Gasteiger partial charge < -0.3 is 19.9 Å². The van der Waals surface area contributed by atoms with Crippen molar-refractivity contribution >= 4 is 36.4 Å². The quantitative estimate of drug-likeness (QED) is 0.594. The number of amides is 1. The second-order valence-corrected chi connectivity index (χ2v) is 6.79. The van der Waals surface area contributed by atoms with Gasteiger partial charge in [0, 0.05) is 25.1 Å². The average Bonchev–Trinajstić information content (AvgIpc) is 3.37. The lowest BCUT2D eigenvalue weighted by Gasteiger charge is -2.22. The number of ether oxygens (including phenoxy) is 1. The highest BCUT2D eigenvalue weighted by atomic mass is 35.5. The molecule has 2 N–H and O–H groups in total. The summed E-state index contributed by atoms with van der Waals surface area (Å²) in [6.07, 6.45) is 7.31. The molecule has 30 heavy (non-hydrogen) atoms. The predicted molar refractivity (Wildman–Crippen MR) is 118 cm³/mol. The molecule has 0 unspecified atom stereocenters. The van der Waals surface area contributed by atoms with E-state index in [0.717, 1.165) is 31.8 Å². The van der Waals surface area contributed by atoms with Crippen molar-refractivity contribution in [3.63, 3.8) is 0 Å². The molecule has 162 valence electrons. The lowest BCUT2D eigenvalue weighted by Crippen LogP contribution is -2.29. The molecule has 1 aliphatic heterocycles. The Morgan fingerprint density at radius 2 is 1.97 bits per heavy atom. The van der Waals surface area contributed by atoms with Crippen LogP contribution in [0.2, 0.25) is 0 Å². The van der Waals surface area contributed by atoms with Crippen molar-refractivity contribution in [3.05, 3.63) is 54.4 Å². The number of imidazole rings is 1. The van der Waals surface area contributed by atoms with E-state index in [4.69, 9.17) is 4.74 Å². The van der Waals surface area contributed by atoms with Gasteiger partial charge in [0.2, 0.25) is 0 Å². The second kappa shape index (κ2) is 11.0. The summed E-state index contributed by atoms with van der Waals surface area (Å²) < 4.78 is 9.42. The van der Waals surface area contributed by atoms with Crippen LogP contribution in [0.4, 0.5) is 5.69 Å². The largest absolute Gasteiger partial charge is 0.486 e. The van der Waals surface area contributed by atoms with Crippen LogP contribution in [0.3, 0.4) is 0 Å². The zero-order chi connectivity index (χ0) is 19.3. The van der Waals surface area contributed by atoms with E-state index >= 15 is 0 Å². The third kappa shape index (κ3) is 5.71. The number of halogens is 2. The number of aryl methyl sites for hydroxylation is 1. The highest BCUT2D eigenvalue weighted by Crippen LogP contribution is 2.19. The van der Waals surface area contributed by atoms with Crippen LogP contribution in [0, 0.1) is 0 Å². The van der Waals surface area contributed by atoms with Crippen molar-refractivity contribution in [1.29, 1.82) is 0 Å².